The molecule has 0 aliphatic carbocycles. The summed E-state index contributed by atoms with van der Waals surface area (Å²) in [7, 11) is 0. The Labute approximate surface area is 167 Å². The van der Waals surface area contributed by atoms with Crippen LogP contribution in [0.3, 0.4) is 0 Å². The van der Waals surface area contributed by atoms with E-state index in [2.05, 4.69) is 63.2 Å². The van der Waals surface area contributed by atoms with Crippen LogP contribution in [0.15, 0.2) is 42.5 Å². The fourth-order valence-corrected chi connectivity index (χ4v) is 4.17. The van der Waals surface area contributed by atoms with Crippen molar-refractivity contribution in [3.8, 4) is 0 Å². The molecule has 0 radical (unpaired) electrons. The Kier molecular flexibility index (Phi) is 10.9. The largest absolute Gasteiger partial charge is 1.00 e. The lowest BCUT2D eigenvalue weighted by Gasteiger charge is -2.37. The topological polar surface area (TPSA) is 0 Å². The fourth-order valence-electron chi connectivity index (χ4n) is 4.17. The van der Waals surface area contributed by atoms with Gasteiger partial charge in [-0.25, -0.2) is 0 Å². The summed E-state index contributed by atoms with van der Waals surface area (Å²) in [5.74, 6) is 0. The standard InChI is InChI=1S/C24H38N.ClH/c1-4-7-8-9-10-11-12-15-21-25(5-2,6-3)24-20-16-18-22-17-13-14-19-23(22)24;/h13-14,16-20H,4-12,15,21H2,1-3H3;1H/q+1;/p-1. The van der Waals surface area contributed by atoms with Crippen LogP contribution in [0.5, 0.6) is 0 Å². The number of fused-ring (bicyclic) bond motifs is 1. The van der Waals surface area contributed by atoms with Crippen molar-refractivity contribution in [2.45, 2.75) is 72.1 Å². The van der Waals surface area contributed by atoms with Crippen LogP contribution in [0.1, 0.15) is 72.1 Å². The molecule has 0 spiro atoms. The van der Waals surface area contributed by atoms with Gasteiger partial charge in [0.05, 0.1) is 19.6 Å². The fraction of sp³-hybridized carbons (Fsp3) is 0.583. The lowest BCUT2D eigenvalue weighted by atomic mass is 10.0. The van der Waals surface area contributed by atoms with Crippen molar-refractivity contribution >= 4 is 16.5 Å². The van der Waals surface area contributed by atoms with Gasteiger partial charge in [0, 0.05) is 5.39 Å². The molecule has 0 aliphatic rings. The van der Waals surface area contributed by atoms with Gasteiger partial charge in [-0.2, -0.15) is 0 Å². The van der Waals surface area contributed by atoms with Crippen molar-refractivity contribution in [3.63, 3.8) is 0 Å². The first-order valence-electron chi connectivity index (χ1n) is 10.6. The number of rotatable bonds is 12. The smallest absolute Gasteiger partial charge is 0.140 e. The van der Waals surface area contributed by atoms with Gasteiger partial charge in [-0.15, -0.1) is 0 Å². The predicted octanol–water partition coefficient (Wildman–Crippen LogP) is 4.33. The van der Waals surface area contributed by atoms with Gasteiger partial charge in [0.1, 0.15) is 5.69 Å². The van der Waals surface area contributed by atoms with Crippen LogP contribution in [0, 0.1) is 0 Å². The molecule has 1 nitrogen and oxygen atoms in total. The summed E-state index contributed by atoms with van der Waals surface area (Å²) in [6, 6.07) is 15.7. The second kappa shape index (κ2) is 12.4. The average molecular weight is 376 g/mol. The van der Waals surface area contributed by atoms with Crippen LogP contribution in [-0.4, -0.2) is 19.6 Å². The zero-order valence-corrected chi connectivity index (χ0v) is 17.9. The molecule has 0 aromatic heterocycles. The third-order valence-electron chi connectivity index (χ3n) is 5.93. The van der Waals surface area contributed by atoms with Gasteiger partial charge in [0.2, 0.25) is 0 Å². The number of unbranched alkanes of at least 4 members (excludes halogenated alkanes) is 7. The number of hydrogen-bond donors (Lipinski definition) is 0. The SMILES string of the molecule is CCCCCCCCCC[N+](CC)(CC)c1cccc2ccccc12.[Cl-]. The van der Waals surface area contributed by atoms with Crippen molar-refractivity contribution in [2.24, 2.45) is 0 Å². The van der Waals surface area contributed by atoms with Crippen molar-refractivity contribution in [1.29, 1.82) is 0 Å². The summed E-state index contributed by atoms with van der Waals surface area (Å²) in [6.07, 6.45) is 11.2. The normalized spacial score (nSPS) is 11.5. The van der Waals surface area contributed by atoms with E-state index in [4.69, 9.17) is 0 Å². The summed E-state index contributed by atoms with van der Waals surface area (Å²) in [6.45, 7) is 10.6. The second-order valence-corrected chi connectivity index (χ2v) is 7.47. The number of benzene rings is 2. The van der Waals surface area contributed by atoms with E-state index >= 15 is 0 Å². The highest BCUT2D eigenvalue weighted by Crippen LogP contribution is 2.32. The molecule has 0 fully saturated rings. The highest BCUT2D eigenvalue weighted by molar-refractivity contribution is 5.93. The molecule has 0 heterocycles. The lowest BCUT2D eigenvalue weighted by Crippen LogP contribution is -3.00. The highest BCUT2D eigenvalue weighted by Gasteiger charge is 2.27. The minimum absolute atomic E-state index is 0. The van der Waals surface area contributed by atoms with Crippen molar-refractivity contribution in [2.75, 3.05) is 19.6 Å². The van der Waals surface area contributed by atoms with E-state index in [-0.39, 0.29) is 12.4 Å². The number of quaternary nitrogens is 1. The summed E-state index contributed by atoms with van der Waals surface area (Å²) in [4.78, 5) is 0. The van der Waals surface area contributed by atoms with Crippen molar-refractivity contribution in [3.05, 3.63) is 42.5 Å². The molecule has 0 aliphatic heterocycles. The minimum Gasteiger partial charge on any atom is -1.00 e. The van der Waals surface area contributed by atoms with E-state index in [1.54, 1.807) is 0 Å². The van der Waals surface area contributed by atoms with Crippen LogP contribution in [-0.2, 0) is 0 Å². The number of hydrogen-bond acceptors (Lipinski definition) is 0. The molecule has 2 rings (SSSR count). The van der Waals surface area contributed by atoms with Gasteiger partial charge in [-0.3, -0.25) is 4.48 Å². The molecule has 146 valence electrons. The van der Waals surface area contributed by atoms with Crippen LogP contribution < -0.4 is 16.9 Å². The highest BCUT2D eigenvalue weighted by atomic mass is 35.5. The first kappa shape index (κ1) is 23.0. The number of halogens is 1. The molecule has 0 saturated heterocycles. The van der Waals surface area contributed by atoms with Gasteiger partial charge in [-0.1, -0.05) is 75.8 Å². The van der Waals surface area contributed by atoms with Gasteiger partial charge >= 0.3 is 0 Å². The summed E-state index contributed by atoms with van der Waals surface area (Å²) < 4.78 is 1.12. The Morgan fingerprint density at radius 2 is 1.23 bits per heavy atom. The molecular formula is C24H38ClN. The van der Waals surface area contributed by atoms with Gasteiger partial charge in [-0.05, 0) is 44.2 Å². The summed E-state index contributed by atoms with van der Waals surface area (Å²) in [5, 5.41) is 2.81. The summed E-state index contributed by atoms with van der Waals surface area (Å²) in [5.41, 5.74) is 1.52. The van der Waals surface area contributed by atoms with Gasteiger partial charge < -0.3 is 12.4 Å². The molecule has 0 atom stereocenters. The van der Waals surface area contributed by atoms with E-state index in [1.165, 1.54) is 87.5 Å². The predicted molar refractivity (Wildman–Crippen MR) is 114 cm³/mol. The molecule has 2 heteroatoms. The molecule has 0 unspecified atom stereocenters. The zero-order valence-electron chi connectivity index (χ0n) is 17.1. The Bertz CT molecular complexity index is 613. The van der Waals surface area contributed by atoms with Crippen LogP contribution in [0.2, 0.25) is 0 Å². The maximum absolute atomic E-state index is 2.36. The van der Waals surface area contributed by atoms with Crippen LogP contribution in [0.25, 0.3) is 10.8 Å². The quantitative estimate of drug-likeness (QED) is 0.382. The van der Waals surface area contributed by atoms with Crippen LogP contribution in [0.4, 0.5) is 5.69 Å². The first-order chi connectivity index (χ1) is 12.3. The maximum atomic E-state index is 2.36. The van der Waals surface area contributed by atoms with Crippen molar-refractivity contribution < 1.29 is 12.4 Å². The molecule has 2 aromatic rings. The Balaban J connectivity index is 0.00000338. The second-order valence-electron chi connectivity index (χ2n) is 7.47. The molecule has 0 bridgehead atoms. The van der Waals surface area contributed by atoms with E-state index in [0.29, 0.717) is 0 Å². The maximum Gasteiger partial charge on any atom is 0.140 e. The minimum atomic E-state index is 0. The molecule has 0 saturated carbocycles. The van der Waals surface area contributed by atoms with Crippen LogP contribution >= 0.6 is 0 Å². The molecule has 0 amide bonds. The molecular weight excluding hydrogens is 338 g/mol. The van der Waals surface area contributed by atoms with E-state index in [1.807, 2.05) is 0 Å². The zero-order chi connectivity index (χ0) is 18.0. The number of nitrogens with zero attached hydrogens (tertiary/aromatic N) is 1. The average Bonchev–Trinajstić information content (AvgIpc) is 2.67. The van der Waals surface area contributed by atoms with E-state index in [9.17, 15) is 0 Å². The Morgan fingerprint density at radius 3 is 1.88 bits per heavy atom. The first-order valence-corrected chi connectivity index (χ1v) is 10.6. The van der Waals surface area contributed by atoms with Gasteiger partial charge in [0.25, 0.3) is 0 Å². The van der Waals surface area contributed by atoms with E-state index in [0.717, 1.165) is 4.48 Å². The lowest BCUT2D eigenvalue weighted by molar-refractivity contribution is -0.00000531. The third kappa shape index (κ3) is 5.99. The van der Waals surface area contributed by atoms with E-state index < -0.39 is 0 Å². The van der Waals surface area contributed by atoms with Crippen molar-refractivity contribution in [1.82, 2.24) is 4.48 Å². The molecule has 26 heavy (non-hydrogen) atoms. The molecule has 0 N–H and O–H groups in total. The third-order valence-corrected chi connectivity index (χ3v) is 5.93. The molecule has 2 aromatic carbocycles. The monoisotopic (exact) mass is 375 g/mol. The Hall–Kier alpha value is -1.05. The summed E-state index contributed by atoms with van der Waals surface area (Å²) >= 11 is 0. The Morgan fingerprint density at radius 1 is 0.654 bits per heavy atom. The van der Waals surface area contributed by atoms with Gasteiger partial charge in [0.15, 0.2) is 0 Å².